The Bertz CT molecular complexity index is 663. The molecule has 0 radical (unpaired) electrons. The number of hydrogen-bond donors (Lipinski definition) is 4. The van der Waals surface area contributed by atoms with Crippen molar-refractivity contribution in [2.75, 3.05) is 34.0 Å². The Morgan fingerprint density at radius 3 is 2.68 bits per heavy atom. The monoisotopic (exact) mass is 423 g/mol. The summed E-state index contributed by atoms with van der Waals surface area (Å²) in [6, 6.07) is 3.22. The van der Waals surface area contributed by atoms with E-state index in [1.165, 1.54) is 25.0 Å². The highest BCUT2D eigenvalue weighted by Crippen LogP contribution is 2.49. The first-order valence-electron chi connectivity index (χ1n) is 8.71. The van der Waals surface area contributed by atoms with Gasteiger partial charge in [-0.2, -0.15) is 4.57 Å². The van der Waals surface area contributed by atoms with Gasteiger partial charge in [-0.1, -0.05) is 0 Å². The number of methoxy groups -OCH3 is 1. The summed E-state index contributed by atoms with van der Waals surface area (Å²) in [4.78, 5) is 0. The predicted molar refractivity (Wildman–Crippen MR) is 94.7 cm³/mol. The Kier molecular flexibility index (Phi) is 8.90. The molecular formula is C16H28N2O9P+. The van der Waals surface area contributed by atoms with E-state index in [1.54, 1.807) is 18.3 Å². The molecule has 0 amide bonds. The summed E-state index contributed by atoms with van der Waals surface area (Å²) in [5.41, 5.74) is 5.85. The minimum absolute atomic E-state index is 0.0995. The molecule has 2 heterocycles. The number of ether oxygens (including phenoxy) is 2. The van der Waals surface area contributed by atoms with Gasteiger partial charge >= 0.3 is 7.82 Å². The van der Waals surface area contributed by atoms with Crippen LogP contribution in [-0.2, 0) is 27.6 Å². The van der Waals surface area contributed by atoms with Gasteiger partial charge in [-0.25, -0.2) is 4.57 Å². The van der Waals surface area contributed by atoms with Crippen LogP contribution in [0, 0.1) is 0 Å². The van der Waals surface area contributed by atoms with Gasteiger partial charge < -0.3 is 30.5 Å². The Morgan fingerprint density at radius 2 is 2.04 bits per heavy atom. The van der Waals surface area contributed by atoms with E-state index in [-0.39, 0.29) is 13.2 Å². The molecule has 1 fully saturated rings. The molecule has 0 bridgehead atoms. The van der Waals surface area contributed by atoms with Crippen molar-refractivity contribution in [1.29, 1.82) is 0 Å². The summed E-state index contributed by atoms with van der Waals surface area (Å²) in [6.45, 7) is 0.196. The molecular weight excluding hydrogens is 395 g/mol. The second-order valence-electron chi connectivity index (χ2n) is 6.18. The van der Waals surface area contributed by atoms with Crippen LogP contribution in [0.1, 0.15) is 24.4 Å². The molecule has 0 spiro atoms. The summed E-state index contributed by atoms with van der Waals surface area (Å²) < 4.78 is 39.6. The molecule has 2 rings (SSSR count). The number of rotatable bonds is 11. The van der Waals surface area contributed by atoms with Crippen LogP contribution in [0.25, 0.3) is 0 Å². The zero-order valence-corrected chi connectivity index (χ0v) is 16.7. The normalized spacial score (nSPS) is 28.2. The molecule has 28 heavy (non-hydrogen) atoms. The number of hydrogen-bond acceptors (Lipinski definition) is 10. The first-order valence-corrected chi connectivity index (χ1v) is 10.2. The number of aliphatic hydroxyl groups excluding tert-OH is 3. The summed E-state index contributed by atoms with van der Waals surface area (Å²) in [5.74, 6) is 0. The summed E-state index contributed by atoms with van der Waals surface area (Å²) in [6.07, 6.45) is -2.13. The third kappa shape index (κ3) is 6.01. The number of nitrogens with zero attached hydrogens (tertiary/aromatic N) is 1. The number of phosphoric ester groups is 1. The van der Waals surface area contributed by atoms with E-state index in [9.17, 15) is 19.9 Å². The number of aromatic nitrogens is 1. The molecule has 0 aliphatic carbocycles. The largest absolute Gasteiger partial charge is 0.474 e. The minimum atomic E-state index is -3.84. The van der Waals surface area contributed by atoms with Gasteiger partial charge in [0.2, 0.25) is 0 Å². The fourth-order valence-corrected chi connectivity index (χ4v) is 3.61. The zero-order chi connectivity index (χ0) is 20.7. The average Bonchev–Trinajstić information content (AvgIpc) is 2.98. The number of phosphoric acid groups is 1. The highest BCUT2D eigenvalue weighted by atomic mass is 31.2. The number of aliphatic hydroxyl groups is 3. The molecule has 0 aromatic carbocycles. The van der Waals surface area contributed by atoms with Gasteiger partial charge in [0.05, 0.1) is 18.8 Å². The van der Waals surface area contributed by atoms with Crippen molar-refractivity contribution >= 4 is 7.82 Å². The summed E-state index contributed by atoms with van der Waals surface area (Å²) >= 11 is 0. The molecule has 160 valence electrons. The van der Waals surface area contributed by atoms with Gasteiger partial charge in [-0.3, -0.25) is 13.6 Å². The minimum Gasteiger partial charge on any atom is -0.387 e. The molecule has 0 saturated carbocycles. The first kappa shape index (κ1) is 23.3. The molecule has 1 aromatic heterocycles. The highest BCUT2D eigenvalue weighted by molar-refractivity contribution is 7.48. The van der Waals surface area contributed by atoms with E-state index in [2.05, 4.69) is 0 Å². The molecule has 11 nitrogen and oxygen atoms in total. The first-order chi connectivity index (χ1) is 13.3. The SMILES string of the molecule is COCCCOP(=O)(OC)OCC1OC([n+]2cccc(C(N)O)c2)C(O)C1O. The number of nitrogens with two attached hydrogens (primary N) is 1. The van der Waals surface area contributed by atoms with E-state index in [0.29, 0.717) is 18.6 Å². The maximum absolute atomic E-state index is 12.4. The van der Waals surface area contributed by atoms with Crippen molar-refractivity contribution < 1.29 is 47.5 Å². The molecule has 1 aromatic rings. The van der Waals surface area contributed by atoms with Crippen molar-refractivity contribution in [1.82, 2.24) is 0 Å². The van der Waals surface area contributed by atoms with Crippen molar-refractivity contribution in [3.05, 3.63) is 30.1 Å². The highest BCUT2D eigenvalue weighted by Gasteiger charge is 2.49. The fourth-order valence-electron chi connectivity index (χ4n) is 2.65. The smallest absolute Gasteiger partial charge is 0.387 e. The van der Waals surface area contributed by atoms with Gasteiger partial charge in [0.15, 0.2) is 18.5 Å². The van der Waals surface area contributed by atoms with Crippen LogP contribution < -0.4 is 10.3 Å². The van der Waals surface area contributed by atoms with Crippen molar-refractivity contribution in [3.63, 3.8) is 0 Å². The van der Waals surface area contributed by atoms with Crippen LogP contribution in [0.5, 0.6) is 0 Å². The van der Waals surface area contributed by atoms with Gasteiger partial charge in [0.1, 0.15) is 18.4 Å². The predicted octanol–water partition coefficient (Wildman–Crippen LogP) is -0.633. The second-order valence-corrected chi connectivity index (χ2v) is 7.96. The Morgan fingerprint density at radius 1 is 1.29 bits per heavy atom. The van der Waals surface area contributed by atoms with Crippen LogP contribution in [-0.4, -0.2) is 67.7 Å². The lowest BCUT2D eigenvalue weighted by atomic mass is 10.1. The van der Waals surface area contributed by atoms with Crippen molar-refractivity contribution in [3.8, 4) is 0 Å². The van der Waals surface area contributed by atoms with Crippen LogP contribution in [0.2, 0.25) is 0 Å². The van der Waals surface area contributed by atoms with Crippen LogP contribution in [0.15, 0.2) is 24.5 Å². The van der Waals surface area contributed by atoms with E-state index in [4.69, 9.17) is 28.8 Å². The summed E-state index contributed by atoms with van der Waals surface area (Å²) in [5, 5.41) is 30.1. The van der Waals surface area contributed by atoms with E-state index in [1.807, 2.05) is 0 Å². The Labute approximate surface area is 163 Å². The lowest BCUT2D eigenvalue weighted by Gasteiger charge is -2.19. The molecule has 1 saturated heterocycles. The van der Waals surface area contributed by atoms with E-state index >= 15 is 0 Å². The van der Waals surface area contributed by atoms with E-state index < -0.39 is 38.6 Å². The van der Waals surface area contributed by atoms with Crippen LogP contribution >= 0.6 is 7.82 Å². The Hall–Kier alpha value is -0.980. The standard InChI is InChI=1S/C16H28N2O9P/c1-23-7-4-8-25-28(22,24-2)26-10-12-13(19)14(20)16(27-12)18-6-3-5-11(9-18)15(17)21/h3,5-6,9,12-16,19-21H,4,7-8,10,17H2,1-2H3/q+1. The Balaban J connectivity index is 1.98. The third-order valence-corrected chi connectivity index (χ3v) is 5.59. The molecule has 6 atom stereocenters. The third-order valence-electron chi connectivity index (χ3n) is 4.18. The molecule has 1 aliphatic rings. The average molecular weight is 423 g/mol. The molecule has 12 heteroatoms. The second kappa shape index (κ2) is 10.7. The zero-order valence-electron chi connectivity index (χ0n) is 15.8. The maximum Gasteiger partial charge on any atom is 0.474 e. The lowest BCUT2D eigenvalue weighted by Crippen LogP contribution is -2.46. The molecule has 6 unspecified atom stereocenters. The maximum atomic E-state index is 12.4. The van der Waals surface area contributed by atoms with Crippen LogP contribution in [0.4, 0.5) is 0 Å². The van der Waals surface area contributed by atoms with Gasteiger partial charge in [-0.15, -0.1) is 0 Å². The van der Waals surface area contributed by atoms with Gasteiger partial charge in [0, 0.05) is 26.9 Å². The fraction of sp³-hybridized carbons (Fsp3) is 0.688. The quantitative estimate of drug-likeness (QED) is 0.156. The topological polar surface area (TPSA) is 154 Å². The van der Waals surface area contributed by atoms with Gasteiger partial charge in [-0.05, 0) is 12.5 Å². The van der Waals surface area contributed by atoms with E-state index in [0.717, 1.165) is 0 Å². The van der Waals surface area contributed by atoms with Gasteiger partial charge in [0.25, 0.3) is 6.23 Å². The molecule has 5 N–H and O–H groups in total. The number of pyridine rings is 1. The van der Waals surface area contributed by atoms with Crippen molar-refractivity contribution in [2.24, 2.45) is 5.73 Å². The lowest BCUT2D eigenvalue weighted by molar-refractivity contribution is -0.766. The molecule has 1 aliphatic heterocycles. The summed E-state index contributed by atoms with van der Waals surface area (Å²) in [7, 11) is -1.12. The van der Waals surface area contributed by atoms with Crippen LogP contribution in [0.3, 0.4) is 0 Å². The van der Waals surface area contributed by atoms with Crippen molar-refractivity contribution in [2.45, 2.75) is 37.2 Å².